The van der Waals surface area contributed by atoms with E-state index in [2.05, 4.69) is 0 Å². The Morgan fingerprint density at radius 2 is 2.36 bits per heavy atom. The largest absolute Gasteiger partial charge is 0.464 e. The fourth-order valence-electron chi connectivity index (χ4n) is 0.800. The number of aliphatic hydroxyl groups is 1. The van der Waals surface area contributed by atoms with Gasteiger partial charge in [0.1, 0.15) is 18.1 Å². The van der Waals surface area contributed by atoms with Crippen molar-refractivity contribution in [3.63, 3.8) is 0 Å². The molecule has 0 spiro atoms. The monoisotopic (exact) mass is 156 g/mol. The zero-order valence-electron chi connectivity index (χ0n) is 6.54. The van der Waals surface area contributed by atoms with Gasteiger partial charge < -0.3 is 14.3 Å². The minimum Gasteiger partial charge on any atom is -0.464 e. The molecule has 11 heavy (non-hydrogen) atoms. The Labute approximate surface area is 65.6 Å². The van der Waals surface area contributed by atoms with Crippen molar-refractivity contribution < 1.29 is 14.3 Å². The van der Waals surface area contributed by atoms with E-state index in [9.17, 15) is 0 Å². The molecule has 3 nitrogen and oxygen atoms in total. The summed E-state index contributed by atoms with van der Waals surface area (Å²) in [6.07, 6.45) is 0. The average Bonchev–Trinajstić information content (AvgIpc) is 2.37. The number of aliphatic hydroxyl groups excluding tert-OH is 1. The van der Waals surface area contributed by atoms with Gasteiger partial charge in [-0.2, -0.15) is 0 Å². The summed E-state index contributed by atoms with van der Waals surface area (Å²) in [7, 11) is 0. The molecule has 0 fully saturated rings. The van der Waals surface area contributed by atoms with Crippen LogP contribution in [0, 0.1) is 6.92 Å². The highest BCUT2D eigenvalue weighted by molar-refractivity contribution is 5.04. The van der Waals surface area contributed by atoms with E-state index in [0.717, 1.165) is 11.5 Å². The van der Waals surface area contributed by atoms with E-state index in [1.165, 1.54) is 0 Å². The summed E-state index contributed by atoms with van der Waals surface area (Å²) in [5, 5.41) is 8.39. The molecule has 1 heterocycles. The first-order chi connectivity index (χ1) is 5.33. The second-order valence-corrected chi connectivity index (χ2v) is 2.29. The van der Waals surface area contributed by atoms with Crippen LogP contribution in [0.3, 0.4) is 0 Å². The minimum absolute atomic E-state index is 0.0552. The molecule has 0 aliphatic heterocycles. The Kier molecular flexibility index (Phi) is 3.14. The fourth-order valence-corrected chi connectivity index (χ4v) is 0.800. The number of aryl methyl sites for hydroxylation is 1. The molecule has 1 rings (SSSR count). The highest BCUT2D eigenvalue weighted by Crippen LogP contribution is 2.06. The van der Waals surface area contributed by atoms with E-state index < -0.39 is 0 Å². The highest BCUT2D eigenvalue weighted by Gasteiger charge is 1.96. The van der Waals surface area contributed by atoms with Crippen molar-refractivity contribution in [1.29, 1.82) is 0 Å². The molecule has 0 unspecified atom stereocenters. The summed E-state index contributed by atoms with van der Waals surface area (Å²) in [6.45, 7) is 2.74. The predicted molar refractivity (Wildman–Crippen MR) is 40.2 cm³/mol. The zero-order valence-corrected chi connectivity index (χ0v) is 6.54. The maximum Gasteiger partial charge on any atom is 0.129 e. The second-order valence-electron chi connectivity index (χ2n) is 2.29. The lowest BCUT2D eigenvalue weighted by atomic mass is 10.4. The van der Waals surface area contributed by atoms with Gasteiger partial charge in [-0.15, -0.1) is 0 Å². The smallest absolute Gasteiger partial charge is 0.129 e. The maximum absolute atomic E-state index is 8.39. The Hall–Kier alpha value is -0.800. The Balaban J connectivity index is 2.27. The molecule has 0 aromatic carbocycles. The quantitative estimate of drug-likeness (QED) is 0.664. The highest BCUT2D eigenvalue weighted by atomic mass is 16.5. The van der Waals surface area contributed by atoms with E-state index in [-0.39, 0.29) is 6.61 Å². The zero-order chi connectivity index (χ0) is 8.10. The van der Waals surface area contributed by atoms with Gasteiger partial charge in [0.15, 0.2) is 0 Å². The lowest BCUT2D eigenvalue weighted by Crippen LogP contribution is -1.97. The van der Waals surface area contributed by atoms with Crippen molar-refractivity contribution in [3.8, 4) is 0 Å². The van der Waals surface area contributed by atoms with Crippen LogP contribution in [0.2, 0.25) is 0 Å². The number of hydrogen-bond donors (Lipinski definition) is 1. The molecular weight excluding hydrogens is 144 g/mol. The Morgan fingerprint density at radius 3 is 2.91 bits per heavy atom. The molecule has 0 saturated heterocycles. The summed E-state index contributed by atoms with van der Waals surface area (Å²) in [4.78, 5) is 0. The van der Waals surface area contributed by atoms with Crippen molar-refractivity contribution in [2.75, 3.05) is 13.2 Å². The summed E-state index contributed by atoms with van der Waals surface area (Å²) >= 11 is 0. The SMILES string of the molecule is Cc1ccc(COCCO)o1. The third-order valence-corrected chi connectivity index (χ3v) is 1.28. The number of rotatable bonds is 4. The molecular formula is C8H12O3. The Morgan fingerprint density at radius 1 is 1.55 bits per heavy atom. The lowest BCUT2D eigenvalue weighted by molar-refractivity contribution is 0.0711. The van der Waals surface area contributed by atoms with Crippen LogP contribution >= 0.6 is 0 Å². The third kappa shape index (κ3) is 2.74. The number of furan rings is 1. The van der Waals surface area contributed by atoms with Gasteiger partial charge in [-0.1, -0.05) is 0 Å². The molecule has 0 aliphatic carbocycles. The first-order valence-electron chi connectivity index (χ1n) is 3.57. The van der Waals surface area contributed by atoms with Gasteiger partial charge in [0.2, 0.25) is 0 Å². The van der Waals surface area contributed by atoms with Crippen LogP contribution in [0.4, 0.5) is 0 Å². The van der Waals surface area contributed by atoms with Gasteiger partial charge in [0.25, 0.3) is 0 Å². The van der Waals surface area contributed by atoms with Gasteiger partial charge in [-0.25, -0.2) is 0 Å². The van der Waals surface area contributed by atoms with Crippen molar-refractivity contribution in [2.24, 2.45) is 0 Å². The molecule has 1 aromatic rings. The Bertz CT molecular complexity index is 205. The molecule has 1 aromatic heterocycles. The van der Waals surface area contributed by atoms with Gasteiger partial charge in [-0.3, -0.25) is 0 Å². The minimum atomic E-state index is 0.0552. The molecule has 0 bridgehead atoms. The molecule has 1 N–H and O–H groups in total. The van der Waals surface area contributed by atoms with Crippen molar-refractivity contribution in [1.82, 2.24) is 0 Å². The summed E-state index contributed by atoms with van der Waals surface area (Å²) in [5.41, 5.74) is 0. The average molecular weight is 156 g/mol. The van der Waals surface area contributed by atoms with Crippen LogP contribution in [0.5, 0.6) is 0 Å². The van der Waals surface area contributed by atoms with Gasteiger partial charge in [0.05, 0.1) is 13.2 Å². The molecule has 0 aliphatic rings. The topological polar surface area (TPSA) is 42.6 Å². The normalized spacial score (nSPS) is 10.4. The summed E-state index contributed by atoms with van der Waals surface area (Å²) in [5.74, 6) is 1.68. The number of hydrogen-bond acceptors (Lipinski definition) is 3. The van der Waals surface area contributed by atoms with Crippen LogP contribution in [0.25, 0.3) is 0 Å². The first kappa shape index (κ1) is 8.30. The van der Waals surface area contributed by atoms with Gasteiger partial charge in [-0.05, 0) is 19.1 Å². The number of ether oxygens (including phenoxy) is 1. The summed E-state index contributed by atoms with van der Waals surface area (Å²) in [6, 6.07) is 3.75. The van der Waals surface area contributed by atoms with Gasteiger partial charge >= 0.3 is 0 Å². The van der Waals surface area contributed by atoms with Gasteiger partial charge in [0, 0.05) is 0 Å². The summed E-state index contributed by atoms with van der Waals surface area (Å²) < 4.78 is 10.3. The van der Waals surface area contributed by atoms with E-state index in [0.29, 0.717) is 13.2 Å². The molecule has 0 saturated carbocycles. The van der Waals surface area contributed by atoms with Crippen LogP contribution in [-0.2, 0) is 11.3 Å². The molecule has 3 heteroatoms. The molecule has 0 atom stereocenters. The lowest BCUT2D eigenvalue weighted by Gasteiger charge is -1.97. The van der Waals surface area contributed by atoms with Crippen LogP contribution in [-0.4, -0.2) is 18.3 Å². The molecule has 0 radical (unpaired) electrons. The predicted octanol–water partition coefficient (Wildman–Crippen LogP) is 1.10. The van der Waals surface area contributed by atoms with E-state index >= 15 is 0 Å². The van der Waals surface area contributed by atoms with Crippen molar-refractivity contribution in [2.45, 2.75) is 13.5 Å². The van der Waals surface area contributed by atoms with Crippen molar-refractivity contribution >= 4 is 0 Å². The second kappa shape index (κ2) is 4.16. The first-order valence-corrected chi connectivity index (χ1v) is 3.57. The third-order valence-electron chi connectivity index (χ3n) is 1.28. The van der Waals surface area contributed by atoms with E-state index in [1.807, 2.05) is 19.1 Å². The van der Waals surface area contributed by atoms with Crippen LogP contribution < -0.4 is 0 Å². The standard InChI is InChI=1S/C8H12O3/c1-7-2-3-8(11-7)6-10-5-4-9/h2-3,9H,4-6H2,1H3. The van der Waals surface area contributed by atoms with E-state index in [4.69, 9.17) is 14.3 Å². The van der Waals surface area contributed by atoms with Crippen LogP contribution in [0.1, 0.15) is 11.5 Å². The molecule has 62 valence electrons. The molecule has 0 amide bonds. The fraction of sp³-hybridized carbons (Fsp3) is 0.500. The van der Waals surface area contributed by atoms with E-state index in [1.54, 1.807) is 0 Å². The maximum atomic E-state index is 8.39. The van der Waals surface area contributed by atoms with Crippen molar-refractivity contribution in [3.05, 3.63) is 23.7 Å². The van der Waals surface area contributed by atoms with Crippen LogP contribution in [0.15, 0.2) is 16.5 Å².